The van der Waals surface area contributed by atoms with E-state index in [1.54, 1.807) is 0 Å². The molecule has 0 fully saturated rings. The van der Waals surface area contributed by atoms with Crippen LogP contribution >= 0.6 is 0 Å². The van der Waals surface area contributed by atoms with Gasteiger partial charge in [-0.3, -0.25) is 4.57 Å². The van der Waals surface area contributed by atoms with Gasteiger partial charge < -0.3 is 0 Å². The van der Waals surface area contributed by atoms with E-state index in [1.165, 1.54) is 27.9 Å². The van der Waals surface area contributed by atoms with Gasteiger partial charge in [-0.05, 0) is 35.1 Å². The molecule has 0 amide bonds. The quantitative estimate of drug-likeness (QED) is 0.410. The lowest BCUT2D eigenvalue weighted by atomic mass is 9.92. The molecule has 27 heavy (non-hydrogen) atoms. The zero-order chi connectivity index (χ0) is 18.6. The SMILES string of the molecule is CCc1ccc(-c2ccccc2)c(CC)c1-n1ccnc1-c1ccccc1. The molecule has 0 saturated carbocycles. The van der Waals surface area contributed by atoms with E-state index < -0.39 is 0 Å². The summed E-state index contributed by atoms with van der Waals surface area (Å²) >= 11 is 0. The molecule has 0 bridgehead atoms. The molecule has 2 nitrogen and oxygen atoms in total. The Kier molecular flexibility index (Phi) is 4.88. The summed E-state index contributed by atoms with van der Waals surface area (Å²) in [5, 5.41) is 0. The highest BCUT2D eigenvalue weighted by molar-refractivity contribution is 5.74. The molecule has 0 aliphatic carbocycles. The van der Waals surface area contributed by atoms with Crippen LogP contribution in [-0.4, -0.2) is 9.55 Å². The summed E-state index contributed by atoms with van der Waals surface area (Å²) in [5.41, 5.74) is 7.70. The fourth-order valence-corrected chi connectivity index (χ4v) is 3.80. The Morgan fingerprint density at radius 1 is 0.741 bits per heavy atom. The van der Waals surface area contributed by atoms with Crippen molar-refractivity contribution >= 4 is 0 Å². The van der Waals surface area contributed by atoms with Gasteiger partial charge in [-0.25, -0.2) is 4.98 Å². The van der Waals surface area contributed by atoms with E-state index >= 15 is 0 Å². The molecule has 0 atom stereocenters. The van der Waals surface area contributed by atoms with Crippen molar-refractivity contribution in [2.24, 2.45) is 0 Å². The molecule has 0 radical (unpaired) electrons. The monoisotopic (exact) mass is 352 g/mol. The van der Waals surface area contributed by atoms with Crippen LogP contribution in [0.25, 0.3) is 28.2 Å². The van der Waals surface area contributed by atoms with E-state index in [-0.39, 0.29) is 0 Å². The summed E-state index contributed by atoms with van der Waals surface area (Å²) in [6.07, 6.45) is 5.95. The Labute approximate surface area is 161 Å². The third-order valence-corrected chi connectivity index (χ3v) is 5.10. The smallest absolute Gasteiger partial charge is 0.144 e. The molecule has 0 unspecified atom stereocenters. The number of aromatic nitrogens is 2. The Bertz CT molecular complexity index is 1030. The lowest BCUT2D eigenvalue weighted by molar-refractivity contribution is 0.970. The molecular weight excluding hydrogens is 328 g/mol. The van der Waals surface area contributed by atoms with Gasteiger partial charge in [-0.1, -0.05) is 86.6 Å². The fraction of sp³-hybridized carbons (Fsp3) is 0.160. The van der Waals surface area contributed by atoms with Gasteiger partial charge >= 0.3 is 0 Å². The number of benzene rings is 3. The van der Waals surface area contributed by atoms with Crippen LogP contribution in [0, 0.1) is 0 Å². The van der Waals surface area contributed by atoms with Crippen molar-refractivity contribution in [1.82, 2.24) is 9.55 Å². The van der Waals surface area contributed by atoms with Crippen LogP contribution in [0.2, 0.25) is 0 Å². The van der Waals surface area contributed by atoms with Crippen molar-refractivity contribution in [2.45, 2.75) is 26.7 Å². The van der Waals surface area contributed by atoms with Crippen molar-refractivity contribution in [1.29, 1.82) is 0 Å². The third kappa shape index (κ3) is 3.19. The zero-order valence-electron chi connectivity index (χ0n) is 15.9. The largest absolute Gasteiger partial charge is 0.299 e. The number of rotatable bonds is 5. The molecule has 4 aromatic rings. The first-order valence-electron chi connectivity index (χ1n) is 9.62. The van der Waals surface area contributed by atoms with Crippen LogP contribution in [0.5, 0.6) is 0 Å². The maximum Gasteiger partial charge on any atom is 0.144 e. The van der Waals surface area contributed by atoms with Gasteiger partial charge in [-0.2, -0.15) is 0 Å². The minimum atomic E-state index is 0.972. The van der Waals surface area contributed by atoms with Crippen LogP contribution in [-0.2, 0) is 12.8 Å². The molecule has 0 saturated heterocycles. The van der Waals surface area contributed by atoms with Crippen molar-refractivity contribution in [3.8, 4) is 28.2 Å². The first kappa shape index (κ1) is 17.3. The highest BCUT2D eigenvalue weighted by Gasteiger charge is 2.17. The first-order valence-corrected chi connectivity index (χ1v) is 9.62. The van der Waals surface area contributed by atoms with E-state index in [0.29, 0.717) is 0 Å². The molecule has 0 aliphatic heterocycles. The van der Waals surface area contributed by atoms with Crippen LogP contribution in [0.1, 0.15) is 25.0 Å². The summed E-state index contributed by atoms with van der Waals surface area (Å²) < 4.78 is 2.26. The van der Waals surface area contributed by atoms with Gasteiger partial charge in [0.05, 0.1) is 5.69 Å². The van der Waals surface area contributed by atoms with Gasteiger partial charge in [0.25, 0.3) is 0 Å². The lowest BCUT2D eigenvalue weighted by Crippen LogP contribution is -2.06. The van der Waals surface area contributed by atoms with Crippen molar-refractivity contribution in [2.75, 3.05) is 0 Å². The molecule has 3 aromatic carbocycles. The Morgan fingerprint density at radius 3 is 2.04 bits per heavy atom. The predicted octanol–water partition coefficient (Wildman–Crippen LogP) is 6.33. The Morgan fingerprint density at radius 2 is 1.41 bits per heavy atom. The number of aryl methyl sites for hydroxylation is 1. The molecule has 1 aromatic heterocycles. The lowest BCUT2D eigenvalue weighted by Gasteiger charge is -2.20. The number of hydrogen-bond donors (Lipinski definition) is 0. The summed E-state index contributed by atoms with van der Waals surface area (Å²) in [6, 6.07) is 25.6. The first-order chi connectivity index (χ1) is 13.3. The van der Waals surface area contributed by atoms with Crippen molar-refractivity contribution in [3.05, 3.63) is 96.3 Å². The minimum absolute atomic E-state index is 0.972. The van der Waals surface area contributed by atoms with E-state index in [0.717, 1.165) is 24.2 Å². The summed E-state index contributed by atoms with van der Waals surface area (Å²) in [4.78, 5) is 4.68. The molecule has 0 N–H and O–H groups in total. The molecule has 0 spiro atoms. The van der Waals surface area contributed by atoms with E-state index in [2.05, 4.69) is 96.3 Å². The standard InChI is InChI=1S/C25H24N2/c1-3-19-15-16-23(20-11-7-5-8-12-20)22(4-2)24(19)27-18-17-26-25(27)21-13-9-6-10-14-21/h5-18H,3-4H2,1-2H3. The van der Waals surface area contributed by atoms with Gasteiger partial charge in [0, 0.05) is 18.0 Å². The number of imidazole rings is 1. The van der Waals surface area contributed by atoms with Crippen LogP contribution in [0.3, 0.4) is 0 Å². The second kappa shape index (κ2) is 7.63. The van der Waals surface area contributed by atoms with E-state index in [1.807, 2.05) is 12.3 Å². The van der Waals surface area contributed by atoms with Crippen LogP contribution < -0.4 is 0 Å². The highest BCUT2D eigenvalue weighted by Crippen LogP contribution is 2.34. The van der Waals surface area contributed by atoms with Gasteiger partial charge in [0.1, 0.15) is 5.82 Å². The van der Waals surface area contributed by atoms with Crippen LogP contribution in [0.4, 0.5) is 0 Å². The Hall–Kier alpha value is -3.13. The van der Waals surface area contributed by atoms with Gasteiger partial charge in [-0.15, -0.1) is 0 Å². The molecule has 134 valence electrons. The normalized spacial score (nSPS) is 10.9. The second-order valence-corrected chi connectivity index (χ2v) is 6.66. The number of nitrogens with zero attached hydrogens (tertiary/aromatic N) is 2. The van der Waals surface area contributed by atoms with Gasteiger partial charge in [0.2, 0.25) is 0 Å². The Balaban J connectivity index is 1.97. The fourth-order valence-electron chi connectivity index (χ4n) is 3.80. The molecular formula is C25H24N2. The average molecular weight is 352 g/mol. The maximum atomic E-state index is 4.68. The molecule has 4 rings (SSSR count). The highest BCUT2D eigenvalue weighted by atomic mass is 15.1. The summed E-state index contributed by atoms with van der Waals surface area (Å²) in [6.45, 7) is 4.46. The van der Waals surface area contributed by atoms with Crippen molar-refractivity contribution in [3.63, 3.8) is 0 Å². The minimum Gasteiger partial charge on any atom is -0.299 e. The second-order valence-electron chi connectivity index (χ2n) is 6.66. The summed E-state index contributed by atoms with van der Waals surface area (Å²) in [7, 11) is 0. The van der Waals surface area contributed by atoms with Crippen LogP contribution in [0.15, 0.2) is 85.2 Å². The van der Waals surface area contributed by atoms with E-state index in [9.17, 15) is 0 Å². The molecule has 2 heteroatoms. The third-order valence-electron chi connectivity index (χ3n) is 5.10. The van der Waals surface area contributed by atoms with Gasteiger partial charge in [0.15, 0.2) is 0 Å². The number of hydrogen-bond acceptors (Lipinski definition) is 1. The molecule has 1 heterocycles. The summed E-state index contributed by atoms with van der Waals surface area (Å²) in [5.74, 6) is 0.991. The molecule has 0 aliphatic rings. The predicted molar refractivity (Wildman–Crippen MR) is 113 cm³/mol. The zero-order valence-corrected chi connectivity index (χ0v) is 15.9. The average Bonchev–Trinajstić information content (AvgIpc) is 3.23. The van der Waals surface area contributed by atoms with Crippen molar-refractivity contribution < 1.29 is 0 Å². The maximum absolute atomic E-state index is 4.68. The van der Waals surface area contributed by atoms with E-state index in [4.69, 9.17) is 0 Å². The topological polar surface area (TPSA) is 17.8 Å².